The molecule has 0 spiro atoms. The van der Waals surface area contributed by atoms with Gasteiger partial charge in [-0.25, -0.2) is 9.97 Å². The van der Waals surface area contributed by atoms with Gasteiger partial charge in [0.15, 0.2) is 0 Å². The molecular weight excluding hydrogens is 224 g/mol. The number of nitrogens with zero attached hydrogens (tertiary/aromatic N) is 4. The highest BCUT2D eigenvalue weighted by Crippen LogP contribution is 2.22. The Morgan fingerprint density at radius 3 is 2.56 bits per heavy atom. The lowest BCUT2D eigenvalue weighted by Gasteiger charge is -2.18. The van der Waals surface area contributed by atoms with E-state index in [1.807, 2.05) is 16.8 Å². The third kappa shape index (κ3) is 2.22. The summed E-state index contributed by atoms with van der Waals surface area (Å²) in [5, 5.41) is 0.260. The van der Waals surface area contributed by atoms with E-state index in [0.29, 0.717) is 0 Å². The third-order valence-electron chi connectivity index (χ3n) is 2.22. The summed E-state index contributed by atoms with van der Waals surface area (Å²) in [5.74, 6) is 0.738. The Hall–Kier alpha value is -1.42. The van der Waals surface area contributed by atoms with Crippen molar-refractivity contribution in [3.8, 4) is 5.82 Å². The molecule has 16 heavy (non-hydrogen) atoms. The zero-order chi connectivity index (χ0) is 11.8. The van der Waals surface area contributed by atoms with Gasteiger partial charge in [-0.1, -0.05) is 20.8 Å². The third-order valence-corrected chi connectivity index (χ3v) is 2.39. The van der Waals surface area contributed by atoms with Gasteiger partial charge in [0, 0.05) is 23.9 Å². The molecule has 5 heteroatoms. The molecule has 0 saturated carbocycles. The van der Waals surface area contributed by atoms with Crippen molar-refractivity contribution in [3.63, 3.8) is 0 Å². The maximum absolute atomic E-state index is 5.92. The molecule has 84 valence electrons. The van der Waals surface area contributed by atoms with Crippen LogP contribution in [0, 0.1) is 0 Å². The van der Waals surface area contributed by atoms with Gasteiger partial charge in [0.25, 0.3) is 0 Å². The first kappa shape index (κ1) is 11.1. The average Bonchev–Trinajstić information content (AvgIpc) is 2.68. The van der Waals surface area contributed by atoms with Crippen molar-refractivity contribution < 1.29 is 0 Å². The molecule has 2 aromatic heterocycles. The van der Waals surface area contributed by atoms with E-state index in [1.54, 1.807) is 12.5 Å². The van der Waals surface area contributed by atoms with Crippen LogP contribution < -0.4 is 0 Å². The highest BCUT2D eigenvalue weighted by molar-refractivity contribution is 6.28. The molecular formula is C11H13ClN4. The first-order valence-electron chi connectivity index (χ1n) is 5.00. The van der Waals surface area contributed by atoms with Crippen LogP contribution in [0.15, 0.2) is 24.8 Å². The van der Waals surface area contributed by atoms with E-state index in [2.05, 4.69) is 35.7 Å². The van der Waals surface area contributed by atoms with Crippen LogP contribution in [-0.4, -0.2) is 19.5 Å². The molecule has 2 rings (SSSR count). The first-order valence-corrected chi connectivity index (χ1v) is 5.38. The lowest BCUT2D eigenvalue weighted by Crippen LogP contribution is -2.15. The minimum atomic E-state index is -0.0537. The zero-order valence-electron chi connectivity index (χ0n) is 9.48. The van der Waals surface area contributed by atoms with Crippen LogP contribution in [0.2, 0.25) is 5.28 Å². The molecule has 2 heterocycles. The van der Waals surface area contributed by atoms with Crippen LogP contribution >= 0.6 is 11.6 Å². The summed E-state index contributed by atoms with van der Waals surface area (Å²) >= 11 is 5.92. The fraction of sp³-hybridized carbons (Fsp3) is 0.364. The summed E-state index contributed by atoms with van der Waals surface area (Å²) in [6.07, 6.45) is 5.21. The maximum atomic E-state index is 5.92. The van der Waals surface area contributed by atoms with E-state index in [9.17, 15) is 0 Å². The van der Waals surface area contributed by atoms with Crippen LogP contribution in [0.5, 0.6) is 0 Å². The van der Waals surface area contributed by atoms with Crippen molar-refractivity contribution in [1.29, 1.82) is 0 Å². The number of rotatable bonds is 1. The van der Waals surface area contributed by atoms with Crippen molar-refractivity contribution in [2.24, 2.45) is 0 Å². The molecule has 0 radical (unpaired) electrons. The average molecular weight is 237 g/mol. The van der Waals surface area contributed by atoms with E-state index in [-0.39, 0.29) is 10.7 Å². The number of hydrogen-bond acceptors (Lipinski definition) is 3. The fourth-order valence-corrected chi connectivity index (χ4v) is 1.49. The molecule has 0 aliphatic heterocycles. The highest BCUT2D eigenvalue weighted by atomic mass is 35.5. The second-order valence-electron chi connectivity index (χ2n) is 4.60. The van der Waals surface area contributed by atoms with E-state index in [1.165, 1.54) is 0 Å². The largest absolute Gasteiger partial charge is 0.290 e. The van der Waals surface area contributed by atoms with Crippen molar-refractivity contribution in [2.75, 3.05) is 0 Å². The Morgan fingerprint density at radius 2 is 2.00 bits per heavy atom. The van der Waals surface area contributed by atoms with E-state index >= 15 is 0 Å². The lowest BCUT2D eigenvalue weighted by molar-refractivity contribution is 0.566. The van der Waals surface area contributed by atoms with Gasteiger partial charge in [-0.15, -0.1) is 0 Å². The van der Waals surface area contributed by atoms with Gasteiger partial charge in [0.05, 0.1) is 5.69 Å². The lowest BCUT2D eigenvalue weighted by atomic mass is 9.92. The van der Waals surface area contributed by atoms with Crippen LogP contribution in [0.25, 0.3) is 5.82 Å². The predicted molar refractivity (Wildman–Crippen MR) is 62.9 cm³/mol. The van der Waals surface area contributed by atoms with Gasteiger partial charge < -0.3 is 0 Å². The Bertz CT molecular complexity index is 485. The summed E-state index contributed by atoms with van der Waals surface area (Å²) < 4.78 is 1.81. The van der Waals surface area contributed by atoms with Crippen LogP contribution in [0.4, 0.5) is 0 Å². The summed E-state index contributed by atoms with van der Waals surface area (Å²) in [4.78, 5) is 12.4. The normalized spacial score (nSPS) is 11.8. The molecule has 0 aromatic carbocycles. The molecule has 0 atom stereocenters. The van der Waals surface area contributed by atoms with Crippen molar-refractivity contribution in [3.05, 3.63) is 35.8 Å². The van der Waals surface area contributed by atoms with Crippen LogP contribution in [0.1, 0.15) is 26.5 Å². The van der Waals surface area contributed by atoms with Gasteiger partial charge in [-0.2, -0.15) is 4.98 Å². The quantitative estimate of drug-likeness (QED) is 0.715. The fourth-order valence-electron chi connectivity index (χ4n) is 1.32. The molecule has 0 aliphatic carbocycles. The first-order chi connectivity index (χ1) is 7.47. The predicted octanol–water partition coefficient (Wildman–Crippen LogP) is 2.61. The molecule has 0 N–H and O–H groups in total. The van der Waals surface area contributed by atoms with Crippen molar-refractivity contribution >= 4 is 11.6 Å². The van der Waals surface area contributed by atoms with Gasteiger partial charge in [-0.3, -0.25) is 4.57 Å². The molecule has 2 aromatic rings. The molecule has 0 bridgehead atoms. The Kier molecular flexibility index (Phi) is 2.68. The van der Waals surface area contributed by atoms with E-state index < -0.39 is 0 Å². The van der Waals surface area contributed by atoms with Gasteiger partial charge in [-0.05, 0) is 11.6 Å². The Balaban J connectivity index is 2.53. The molecule has 0 aliphatic rings. The molecule has 0 fully saturated rings. The summed E-state index contributed by atoms with van der Waals surface area (Å²) in [6.45, 7) is 6.26. The Morgan fingerprint density at radius 1 is 1.25 bits per heavy atom. The molecule has 0 unspecified atom stereocenters. The SMILES string of the molecule is CC(C)(C)c1cc(-n2ccnc2)nc(Cl)n1. The van der Waals surface area contributed by atoms with E-state index in [4.69, 9.17) is 11.6 Å². The summed E-state index contributed by atoms with van der Waals surface area (Å²) in [7, 11) is 0. The zero-order valence-corrected chi connectivity index (χ0v) is 10.2. The number of imidazole rings is 1. The van der Waals surface area contributed by atoms with Gasteiger partial charge in [0.2, 0.25) is 5.28 Å². The number of hydrogen-bond donors (Lipinski definition) is 0. The highest BCUT2D eigenvalue weighted by Gasteiger charge is 2.17. The minimum absolute atomic E-state index is 0.0537. The molecule has 4 nitrogen and oxygen atoms in total. The second-order valence-corrected chi connectivity index (χ2v) is 4.94. The topological polar surface area (TPSA) is 43.6 Å². The van der Waals surface area contributed by atoms with Gasteiger partial charge >= 0.3 is 0 Å². The smallest absolute Gasteiger partial charge is 0.224 e. The summed E-state index contributed by atoms with van der Waals surface area (Å²) in [5.41, 5.74) is 0.859. The monoisotopic (exact) mass is 236 g/mol. The number of aromatic nitrogens is 4. The van der Waals surface area contributed by atoms with Crippen LogP contribution in [-0.2, 0) is 5.41 Å². The standard InChI is InChI=1S/C11H13ClN4/c1-11(2,3)8-6-9(15-10(12)14-8)16-5-4-13-7-16/h4-7H,1-3H3. The maximum Gasteiger partial charge on any atom is 0.224 e. The van der Waals surface area contributed by atoms with Gasteiger partial charge in [0.1, 0.15) is 12.1 Å². The van der Waals surface area contributed by atoms with E-state index in [0.717, 1.165) is 11.5 Å². The van der Waals surface area contributed by atoms with Crippen molar-refractivity contribution in [2.45, 2.75) is 26.2 Å². The Labute approximate surface area is 99.3 Å². The molecule has 0 amide bonds. The summed E-state index contributed by atoms with van der Waals surface area (Å²) in [6, 6.07) is 1.92. The minimum Gasteiger partial charge on any atom is -0.290 e. The van der Waals surface area contributed by atoms with Crippen LogP contribution in [0.3, 0.4) is 0 Å². The second kappa shape index (κ2) is 3.87. The number of halogens is 1. The van der Waals surface area contributed by atoms with Crippen molar-refractivity contribution in [1.82, 2.24) is 19.5 Å². The molecule has 0 saturated heterocycles.